The van der Waals surface area contributed by atoms with Gasteiger partial charge >= 0.3 is 5.97 Å². The van der Waals surface area contributed by atoms with Crippen LogP contribution in [-0.4, -0.2) is 47.7 Å². The molecule has 3 rings (SSSR count). The van der Waals surface area contributed by atoms with E-state index in [-0.39, 0.29) is 24.4 Å². The van der Waals surface area contributed by atoms with Crippen LogP contribution in [0.5, 0.6) is 0 Å². The number of aliphatic carboxylic acids is 1. The number of carboxylic acids is 1. The topological polar surface area (TPSA) is 66.8 Å². The van der Waals surface area contributed by atoms with Crippen LogP contribution in [0.1, 0.15) is 51.4 Å². The first-order valence-electron chi connectivity index (χ1n) is 8.77. The summed E-state index contributed by atoms with van der Waals surface area (Å²) in [6.07, 6.45) is 8.93. The summed E-state index contributed by atoms with van der Waals surface area (Å²) in [7, 11) is 0. The van der Waals surface area contributed by atoms with Crippen molar-refractivity contribution in [2.45, 2.75) is 57.4 Å². The van der Waals surface area contributed by atoms with Gasteiger partial charge in [-0.05, 0) is 31.1 Å². The molecule has 124 valence electrons. The molecule has 0 unspecified atom stereocenters. The molecule has 0 aromatic heterocycles. The average molecular weight is 309 g/mol. The number of ether oxygens (including phenoxy) is 1. The molecule has 5 heteroatoms. The molecule has 0 spiro atoms. The van der Waals surface area contributed by atoms with Gasteiger partial charge in [0.2, 0.25) is 5.91 Å². The Labute approximate surface area is 132 Å². The van der Waals surface area contributed by atoms with Gasteiger partial charge in [-0.2, -0.15) is 0 Å². The van der Waals surface area contributed by atoms with Crippen LogP contribution >= 0.6 is 0 Å². The molecular formula is C17H27NO4. The first-order chi connectivity index (χ1) is 10.7. The standard InChI is InChI=1S/C17H27NO4/c19-16(20)11-18(13-6-8-22-9-7-13)17(21)15-10-14(15)12-4-2-1-3-5-12/h12-15H,1-11H2,(H,19,20)/t14-,15-/m0/s1. The van der Waals surface area contributed by atoms with E-state index in [1.54, 1.807) is 4.90 Å². The zero-order chi connectivity index (χ0) is 15.5. The predicted octanol–water partition coefficient (Wildman–Crippen LogP) is 2.29. The molecule has 2 aliphatic carbocycles. The molecule has 1 aliphatic heterocycles. The monoisotopic (exact) mass is 309 g/mol. The van der Waals surface area contributed by atoms with Crippen LogP contribution in [0.4, 0.5) is 0 Å². The third kappa shape index (κ3) is 3.62. The first-order valence-corrected chi connectivity index (χ1v) is 8.77. The fraction of sp³-hybridized carbons (Fsp3) is 0.882. The summed E-state index contributed by atoms with van der Waals surface area (Å²) in [6, 6.07) is 0.0463. The molecule has 3 fully saturated rings. The van der Waals surface area contributed by atoms with Gasteiger partial charge < -0.3 is 14.7 Å². The molecule has 0 aromatic rings. The summed E-state index contributed by atoms with van der Waals surface area (Å²) in [5, 5.41) is 9.16. The molecule has 0 radical (unpaired) electrons. The van der Waals surface area contributed by atoms with Crippen molar-refractivity contribution in [1.82, 2.24) is 4.90 Å². The van der Waals surface area contributed by atoms with E-state index >= 15 is 0 Å². The van der Waals surface area contributed by atoms with Crippen molar-refractivity contribution in [2.75, 3.05) is 19.8 Å². The van der Waals surface area contributed by atoms with Crippen LogP contribution in [-0.2, 0) is 14.3 Å². The van der Waals surface area contributed by atoms with E-state index in [0.717, 1.165) is 19.3 Å². The Morgan fingerprint density at radius 1 is 1.05 bits per heavy atom. The maximum Gasteiger partial charge on any atom is 0.323 e. The number of hydrogen-bond donors (Lipinski definition) is 1. The molecule has 0 aromatic carbocycles. The van der Waals surface area contributed by atoms with Crippen molar-refractivity contribution in [3.8, 4) is 0 Å². The SMILES string of the molecule is O=C(O)CN(C(=O)[C@H]1C[C@H]1C1CCCCC1)C1CCOCC1. The highest BCUT2D eigenvalue weighted by Crippen LogP contribution is 2.50. The predicted molar refractivity (Wildman–Crippen MR) is 81.4 cm³/mol. The summed E-state index contributed by atoms with van der Waals surface area (Å²) in [5.74, 6) is 0.484. The number of nitrogens with zero attached hydrogens (tertiary/aromatic N) is 1. The molecule has 2 atom stereocenters. The summed E-state index contributed by atoms with van der Waals surface area (Å²) < 4.78 is 5.34. The smallest absolute Gasteiger partial charge is 0.323 e. The van der Waals surface area contributed by atoms with Crippen LogP contribution in [0.25, 0.3) is 0 Å². The van der Waals surface area contributed by atoms with E-state index in [0.29, 0.717) is 25.0 Å². The summed E-state index contributed by atoms with van der Waals surface area (Å²) in [6.45, 7) is 1.10. The van der Waals surface area contributed by atoms with E-state index in [2.05, 4.69) is 0 Å². The lowest BCUT2D eigenvalue weighted by Gasteiger charge is -2.33. The highest BCUT2D eigenvalue weighted by molar-refractivity contribution is 5.85. The number of carbonyl (C=O) groups excluding carboxylic acids is 1. The first kappa shape index (κ1) is 15.8. The van der Waals surface area contributed by atoms with Crippen molar-refractivity contribution in [2.24, 2.45) is 17.8 Å². The summed E-state index contributed by atoms with van der Waals surface area (Å²) in [4.78, 5) is 25.6. The van der Waals surface area contributed by atoms with Gasteiger partial charge in [0.1, 0.15) is 6.54 Å². The minimum absolute atomic E-state index is 0.0463. The Hall–Kier alpha value is -1.10. The Morgan fingerprint density at radius 2 is 1.73 bits per heavy atom. The van der Waals surface area contributed by atoms with Crippen molar-refractivity contribution >= 4 is 11.9 Å². The molecule has 1 N–H and O–H groups in total. The van der Waals surface area contributed by atoms with Gasteiger partial charge in [-0.3, -0.25) is 9.59 Å². The van der Waals surface area contributed by atoms with E-state index in [9.17, 15) is 9.59 Å². The van der Waals surface area contributed by atoms with Crippen LogP contribution in [0, 0.1) is 17.8 Å². The second-order valence-electron chi connectivity index (χ2n) is 7.11. The lowest BCUT2D eigenvalue weighted by Crippen LogP contribution is -2.47. The molecule has 0 bridgehead atoms. The molecule has 1 saturated heterocycles. The maximum atomic E-state index is 12.8. The minimum Gasteiger partial charge on any atom is -0.480 e. The Kier molecular flexibility index (Phi) is 5.01. The van der Waals surface area contributed by atoms with E-state index in [1.165, 1.54) is 32.1 Å². The largest absolute Gasteiger partial charge is 0.480 e. The molecule has 22 heavy (non-hydrogen) atoms. The average Bonchev–Trinajstić information content (AvgIpc) is 3.34. The second kappa shape index (κ2) is 6.99. The zero-order valence-electron chi connectivity index (χ0n) is 13.2. The fourth-order valence-corrected chi connectivity index (χ4v) is 4.32. The van der Waals surface area contributed by atoms with Crippen molar-refractivity contribution in [1.29, 1.82) is 0 Å². The van der Waals surface area contributed by atoms with Gasteiger partial charge in [0.25, 0.3) is 0 Å². The molecule has 1 amide bonds. The molecule has 5 nitrogen and oxygen atoms in total. The quantitative estimate of drug-likeness (QED) is 0.846. The lowest BCUT2D eigenvalue weighted by molar-refractivity contribution is -0.148. The van der Waals surface area contributed by atoms with Crippen LogP contribution in [0.15, 0.2) is 0 Å². The third-order valence-corrected chi connectivity index (χ3v) is 5.63. The number of carbonyl (C=O) groups is 2. The molecule has 3 aliphatic rings. The van der Waals surface area contributed by atoms with Gasteiger partial charge in [-0.25, -0.2) is 0 Å². The van der Waals surface area contributed by atoms with Crippen molar-refractivity contribution in [3.05, 3.63) is 0 Å². The summed E-state index contributed by atoms with van der Waals surface area (Å²) >= 11 is 0. The Bertz CT molecular complexity index is 413. The second-order valence-corrected chi connectivity index (χ2v) is 7.11. The molecular weight excluding hydrogens is 282 g/mol. The Morgan fingerprint density at radius 3 is 2.36 bits per heavy atom. The van der Waals surface area contributed by atoms with Gasteiger partial charge in [0, 0.05) is 25.2 Å². The molecule has 1 heterocycles. The lowest BCUT2D eigenvalue weighted by atomic mass is 9.85. The number of rotatable bonds is 5. The van der Waals surface area contributed by atoms with Gasteiger partial charge in [0.05, 0.1) is 0 Å². The van der Waals surface area contributed by atoms with E-state index < -0.39 is 5.97 Å². The van der Waals surface area contributed by atoms with Crippen molar-refractivity contribution in [3.63, 3.8) is 0 Å². The van der Waals surface area contributed by atoms with Gasteiger partial charge in [-0.15, -0.1) is 0 Å². The highest BCUT2D eigenvalue weighted by atomic mass is 16.5. The number of hydrogen-bond acceptors (Lipinski definition) is 3. The maximum absolute atomic E-state index is 12.8. The minimum atomic E-state index is -0.908. The van der Waals surface area contributed by atoms with Gasteiger partial charge in [-0.1, -0.05) is 32.1 Å². The summed E-state index contributed by atoms with van der Waals surface area (Å²) in [5.41, 5.74) is 0. The number of amides is 1. The zero-order valence-corrected chi connectivity index (χ0v) is 13.2. The van der Waals surface area contributed by atoms with Crippen LogP contribution in [0.2, 0.25) is 0 Å². The van der Waals surface area contributed by atoms with Crippen LogP contribution in [0.3, 0.4) is 0 Å². The van der Waals surface area contributed by atoms with Crippen LogP contribution < -0.4 is 0 Å². The van der Waals surface area contributed by atoms with E-state index in [1.807, 2.05) is 0 Å². The third-order valence-electron chi connectivity index (χ3n) is 5.63. The van der Waals surface area contributed by atoms with Crippen molar-refractivity contribution < 1.29 is 19.4 Å². The van der Waals surface area contributed by atoms with E-state index in [4.69, 9.17) is 9.84 Å². The fourth-order valence-electron chi connectivity index (χ4n) is 4.32. The Balaban J connectivity index is 1.60. The normalized spacial score (nSPS) is 30.0. The van der Waals surface area contributed by atoms with Gasteiger partial charge in [0.15, 0.2) is 0 Å². The molecule has 2 saturated carbocycles. The number of carboxylic acid groups (broad SMARTS) is 1. The highest BCUT2D eigenvalue weighted by Gasteiger charge is 2.49.